The highest BCUT2D eigenvalue weighted by molar-refractivity contribution is 7.99. The highest BCUT2D eigenvalue weighted by Crippen LogP contribution is 2.24. The van der Waals surface area contributed by atoms with E-state index in [0.29, 0.717) is 22.6 Å². The fourth-order valence-electron chi connectivity index (χ4n) is 3.25. The molecule has 1 fully saturated rings. The first-order chi connectivity index (χ1) is 13.0. The van der Waals surface area contributed by atoms with Gasteiger partial charge in [0.2, 0.25) is 17.0 Å². The Bertz CT molecular complexity index is 803. The molecule has 0 bridgehead atoms. The van der Waals surface area contributed by atoms with E-state index in [9.17, 15) is 9.59 Å². The minimum absolute atomic E-state index is 0.0912. The third-order valence-corrected chi connectivity index (χ3v) is 5.60. The molecule has 0 atom stereocenters. The molecule has 1 aliphatic rings. The molecule has 2 aromatic rings. The molecule has 0 saturated heterocycles. The molecule has 9 heteroatoms. The van der Waals surface area contributed by atoms with Gasteiger partial charge in [0.25, 0.3) is 0 Å². The number of benzene rings is 1. The molecule has 27 heavy (non-hydrogen) atoms. The zero-order valence-electron chi connectivity index (χ0n) is 15.6. The average Bonchev–Trinajstić information content (AvgIpc) is 3.14. The average molecular weight is 388 g/mol. The van der Waals surface area contributed by atoms with Crippen molar-refractivity contribution in [1.29, 1.82) is 0 Å². The van der Waals surface area contributed by atoms with Crippen LogP contribution in [0.15, 0.2) is 29.4 Å². The smallest absolute Gasteiger partial charge is 0.233 e. The Morgan fingerprint density at radius 1 is 1.30 bits per heavy atom. The number of amides is 2. The summed E-state index contributed by atoms with van der Waals surface area (Å²) in [6, 6.07) is 7.60. The van der Waals surface area contributed by atoms with Gasteiger partial charge in [-0.05, 0) is 41.5 Å². The maximum absolute atomic E-state index is 12.5. The maximum atomic E-state index is 12.5. The summed E-state index contributed by atoms with van der Waals surface area (Å²) in [6.07, 6.45) is 5.82. The van der Waals surface area contributed by atoms with Crippen molar-refractivity contribution in [2.75, 3.05) is 18.1 Å². The van der Waals surface area contributed by atoms with Crippen molar-refractivity contribution in [3.8, 4) is 5.69 Å². The lowest BCUT2D eigenvalue weighted by atomic mass is 9.94. The molecule has 0 aliphatic heterocycles. The van der Waals surface area contributed by atoms with Crippen LogP contribution < -0.4 is 5.32 Å². The number of anilines is 1. The molecule has 0 spiro atoms. The molecular formula is C18H24N6O2S. The Kier molecular flexibility index (Phi) is 6.44. The number of hydrogen-bond donors (Lipinski definition) is 1. The van der Waals surface area contributed by atoms with E-state index in [1.807, 2.05) is 24.1 Å². The van der Waals surface area contributed by atoms with Crippen molar-refractivity contribution < 1.29 is 9.59 Å². The number of nitrogens with zero attached hydrogens (tertiary/aromatic N) is 5. The normalized spacial score (nSPS) is 14.7. The molecule has 1 aromatic carbocycles. The van der Waals surface area contributed by atoms with Crippen LogP contribution in [0.2, 0.25) is 0 Å². The first-order valence-electron chi connectivity index (χ1n) is 9.09. The Labute approximate surface area is 162 Å². The van der Waals surface area contributed by atoms with Crippen molar-refractivity contribution in [3.63, 3.8) is 0 Å². The molecule has 1 aromatic heterocycles. The molecule has 2 amide bonds. The highest BCUT2D eigenvalue weighted by Gasteiger charge is 2.22. The van der Waals surface area contributed by atoms with Crippen LogP contribution in [0.5, 0.6) is 0 Å². The summed E-state index contributed by atoms with van der Waals surface area (Å²) in [6.45, 7) is 1.46. The lowest BCUT2D eigenvalue weighted by Crippen LogP contribution is -2.39. The summed E-state index contributed by atoms with van der Waals surface area (Å²) in [5.41, 5.74) is 1.39. The van der Waals surface area contributed by atoms with Crippen molar-refractivity contribution >= 4 is 29.3 Å². The fraction of sp³-hybridized carbons (Fsp3) is 0.500. The molecule has 0 unspecified atom stereocenters. The van der Waals surface area contributed by atoms with Crippen molar-refractivity contribution in [1.82, 2.24) is 25.1 Å². The second-order valence-electron chi connectivity index (χ2n) is 6.69. The molecule has 1 N–H and O–H groups in total. The van der Waals surface area contributed by atoms with Crippen LogP contribution >= 0.6 is 11.8 Å². The molecule has 1 saturated carbocycles. The summed E-state index contributed by atoms with van der Waals surface area (Å²) in [7, 11) is 1.89. The van der Waals surface area contributed by atoms with Crippen molar-refractivity contribution in [2.45, 2.75) is 50.2 Å². The van der Waals surface area contributed by atoms with Gasteiger partial charge in [-0.1, -0.05) is 37.1 Å². The van der Waals surface area contributed by atoms with Crippen LogP contribution in [-0.2, 0) is 9.59 Å². The number of hydrogen-bond acceptors (Lipinski definition) is 6. The van der Waals surface area contributed by atoms with Gasteiger partial charge in [0, 0.05) is 25.7 Å². The third kappa shape index (κ3) is 5.06. The van der Waals surface area contributed by atoms with Gasteiger partial charge in [-0.3, -0.25) is 9.59 Å². The Balaban J connectivity index is 1.65. The minimum Gasteiger partial charge on any atom is -0.342 e. The van der Waals surface area contributed by atoms with Gasteiger partial charge >= 0.3 is 0 Å². The van der Waals surface area contributed by atoms with E-state index in [1.165, 1.54) is 37.9 Å². The van der Waals surface area contributed by atoms with Crippen LogP contribution in [0.4, 0.5) is 5.69 Å². The lowest BCUT2D eigenvalue weighted by Gasteiger charge is -2.31. The molecular weight excluding hydrogens is 364 g/mol. The standard InChI is InChI=1S/C18H24N6O2S/c1-13(25)19-14-7-6-10-16(11-14)24-18(20-21-22-24)27-12-17(26)23(2)15-8-4-3-5-9-15/h6-7,10-11,15H,3-5,8-9,12H2,1-2H3,(H,19,25). The minimum atomic E-state index is -0.144. The van der Waals surface area contributed by atoms with Gasteiger partial charge in [-0.2, -0.15) is 4.68 Å². The summed E-state index contributed by atoms with van der Waals surface area (Å²) in [5.74, 6) is 0.238. The predicted octanol–water partition coefficient (Wildman–Crippen LogP) is 2.50. The zero-order valence-corrected chi connectivity index (χ0v) is 16.4. The number of thioether (sulfide) groups is 1. The van der Waals surface area contributed by atoms with Gasteiger partial charge in [0.1, 0.15) is 0 Å². The zero-order chi connectivity index (χ0) is 19.2. The first-order valence-corrected chi connectivity index (χ1v) is 10.1. The Hall–Kier alpha value is -2.42. The summed E-state index contributed by atoms with van der Waals surface area (Å²) >= 11 is 1.32. The molecule has 3 rings (SSSR count). The molecule has 144 valence electrons. The first kappa shape index (κ1) is 19.3. The topological polar surface area (TPSA) is 93.0 Å². The molecule has 1 aliphatic carbocycles. The summed E-state index contributed by atoms with van der Waals surface area (Å²) < 4.78 is 1.57. The van der Waals surface area contributed by atoms with Gasteiger partial charge in [-0.15, -0.1) is 5.10 Å². The van der Waals surface area contributed by atoms with Gasteiger partial charge in [-0.25, -0.2) is 0 Å². The largest absolute Gasteiger partial charge is 0.342 e. The van der Waals surface area contributed by atoms with Crippen LogP contribution in [0, 0.1) is 0 Å². The molecule has 0 radical (unpaired) electrons. The van der Waals surface area contributed by atoms with E-state index in [0.717, 1.165) is 18.5 Å². The van der Waals surface area contributed by atoms with E-state index in [4.69, 9.17) is 0 Å². The van der Waals surface area contributed by atoms with Gasteiger partial charge in [0.05, 0.1) is 11.4 Å². The van der Waals surface area contributed by atoms with E-state index < -0.39 is 0 Å². The van der Waals surface area contributed by atoms with Gasteiger partial charge in [0.15, 0.2) is 0 Å². The lowest BCUT2D eigenvalue weighted by molar-refractivity contribution is -0.129. The summed E-state index contributed by atoms with van der Waals surface area (Å²) in [5, 5.41) is 15.1. The third-order valence-electron chi connectivity index (χ3n) is 4.69. The number of tetrazole rings is 1. The quantitative estimate of drug-likeness (QED) is 0.765. The van der Waals surface area contributed by atoms with E-state index >= 15 is 0 Å². The predicted molar refractivity (Wildman–Crippen MR) is 104 cm³/mol. The van der Waals surface area contributed by atoms with E-state index in [-0.39, 0.29) is 11.8 Å². The van der Waals surface area contributed by atoms with Gasteiger partial charge < -0.3 is 10.2 Å². The van der Waals surface area contributed by atoms with E-state index in [1.54, 1.807) is 16.8 Å². The Morgan fingerprint density at radius 2 is 2.07 bits per heavy atom. The second kappa shape index (κ2) is 8.98. The van der Waals surface area contributed by atoms with E-state index in [2.05, 4.69) is 20.8 Å². The van der Waals surface area contributed by atoms with Crippen LogP contribution in [0.1, 0.15) is 39.0 Å². The molecule has 1 heterocycles. The van der Waals surface area contributed by atoms with Crippen LogP contribution in [0.25, 0.3) is 5.69 Å². The number of aromatic nitrogens is 4. The second-order valence-corrected chi connectivity index (χ2v) is 7.63. The monoisotopic (exact) mass is 388 g/mol. The maximum Gasteiger partial charge on any atom is 0.233 e. The number of nitrogens with one attached hydrogen (secondary N) is 1. The fourth-order valence-corrected chi connectivity index (χ4v) is 4.06. The number of rotatable bonds is 6. The van der Waals surface area contributed by atoms with Crippen LogP contribution in [0.3, 0.4) is 0 Å². The number of carbonyl (C=O) groups is 2. The van der Waals surface area contributed by atoms with Crippen molar-refractivity contribution in [3.05, 3.63) is 24.3 Å². The van der Waals surface area contributed by atoms with Crippen LogP contribution in [-0.4, -0.2) is 55.8 Å². The Morgan fingerprint density at radius 3 is 2.81 bits per heavy atom. The van der Waals surface area contributed by atoms with Crippen molar-refractivity contribution in [2.24, 2.45) is 0 Å². The molecule has 8 nitrogen and oxygen atoms in total. The SMILES string of the molecule is CC(=O)Nc1cccc(-n2nnnc2SCC(=O)N(C)C2CCCCC2)c1. The highest BCUT2D eigenvalue weighted by atomic mass is 32.2. The summed E-state index contributed by atoms with van der Waals surface area (Å²) in [4.78, 5) is 25.7. The number of carbonyl (C=O) groups excluding carboxylic acids is 2.